The molecule has 0 aliphatic carbocycles. The van der Waals surface area contributed by atoms with E-state index < -0.39 is 0 Å². The van der Waals surface area contributed by atoms with E-state index in [2.05, 4.69) is 0 Å². The second-order valence-electron chi connectivity index (χ2n) is 4.26. The van der Waals surface area contributed by atoms with Crippen LogP contribution in [0.3, 0.4) is 0 Å². The highest BCUT2D eigenvalue weighted by Crippen LogP contribution is 2.31. The third-order valence-electron chi connectivity index (χ3n) is 2.93. The minimum absolute atomic E-state index is 0. The van der Waals surface area contributed by atoms with Crippen LogP contribution in [0.25, 0.3) is 11.1 Å². The Morgan fingerprint density at radius 1 is 1.14 bits per heavy atom. The zero-order valence-electron chi connectivity index (χ0n) is 12.0. The van der Waals surface area contributed by atoms with Crippen LogP contribution in [0.15, 0.2) is 42.5 Å². The van der Waals surface area contributed by atoms with E-state index in [-0.39, 0.29) is 18.4 Å². The fourth-order valence-electron chi connectivity index (χ4n) is 1.95. The number of carbonyl (C=O) groups is 1. The molecule has 0 atom stereocenters. The number of carbonyl (C=O) groups excluding carboxylic acids is 1. The molecular weight excluding hydrogens is 290 g/mol. The zero-order valence-corrected chi connectivity index (χ0v) is 12.8. The summed E-state index contributed by atoms with van der Waals surface area (Å²) in [5, 5.41) is 0. The Bertz CT molecular complexity index is 611. The van der Waals surface area contributed by atoms with Crippen molar-refractivity contribution < 1.29 is 14.3 Å². The molecule has 0 radical (unpaired) electrons. The minimum Gasteiger partial charge on any atom is -0.496 e. The average molecular weight is 308 g/mol. The molecule has 0 aliphatic heterocycles. The van der Waals surface area contributed by atoms with Gasteiger partial charge in [-0.25, -0.2) is 4.79 Å². The predicted octanol–water partition coefficient (Wildman–Crippen LogP) is 3.54. The fourth-order valence-corrected chi connectivity index (χ4v) is 1.95. The lowest BCUT2D eigenvalue weighted by atomic mass is 10.0. The van der Waals surface area contributed by atoms with Crippen LogP contribution in [0.5, 0.6) is 5.75 Å². The SMILES string of the molecule is CCOC(=O)c1ccc(-c2cc(N)ccc2OC)cc1.Cl. The van der Waals surface area contributed by atoms with Gasteiger partial charge in [-0.3, -0.25) is 0 Å². The summed E-state index contributed by atoms with van der Waals surface area (Å²) in [6.45, 7) is 2.15. The first-order valence-corrected chi connectivity index (χ1v) is 6.36. The molecule has 0 spiro atoms. The van der Waals surface area contributed by atoms with Crippen molar-refractivity contribution in [3.05, 3.63) is 48.0 Å². The third kappa shape index (κ3) is 3.89. The van der Waals surface area contributed by atoms with Crippen molar-refractivity contribution in [3.63, 3.8) is 0 Å². The summed E-state index contributed by atoms with van der Waals surface area (Å²) in [6, 6.07) is 12.6. The highest BCUT2D eigenvalue weighted by Gasteiger charge is 2.09. The highest BCUT2D eigenvalue weighted by atomic mass is 35.5. The zero-order chi connectivity index (χ0) is 14.5. The molecule has 0 heterocycles. The van der Waals surface area contributed by atoms with Gasteiger partial charge in [-0.2, -0.15) is 0 Å². The molecule has 0 aliphatic rings. The number of nitrogen functional groups attached to an aromatic ring is 1. The number of ether oxygens (including phenoxy) is 2. The molecule has 4 nitrogen and oxygen atoms in total. The number of rotatable bonds is 4. The van der Waals surface area contributed by atoms with E-state index in [0.717, 1.165) is 16.9 Å². The summed E-state index contributed by atoms with van der Waals surface area (Å²) in [7, 11) is 1.61. The van der Waals surface area contributed by atoms with Gasteiger partial charge in [0.05, 0.1) is 19.3 Å². The van der Waals surface area contributed by atoms with Crippen molar-refractivity contribution in [2.45, 2.75) is 6.92 Å². The van der Waals surface area contributed by atoms with Gasteiger partial charge in [-0.15, -0.1) is 12.4 Å². The topological polar surface area (TPSA) is 61.5 Å². The molecule has 0 unspecified atom stereocenters. The van der Waals surface area contributed by atoms with Crippen LogP contribution in [0.1, 0.15) is 17.3 Å². The van der Waals surface area contributed by atoms with E-state index in [1.807, 2.05) is 24.3 Å². The van der Waals surface area contributed by atoms with Gasteiger partial charge < -0.3 is 15.2 Å². The van der Waals surface area contributed by atoms with Crippen molar-refractivity contribution in [3.8, 4) is 16.9 Å². The summed E-state index contributed by atoms with van der Waals surface area (Å²) in [5.74, 6) is 0.418. The van der Waals surface area contributed by atoms with Gasteiger partial charge >= 0.3 is 5.97 Å². The molecule has 112 valence electrons. The Balaban J connectivity index is 0.00000220. The molecule has 0 bridgehead atoms. The van der Waals surface area contributed by atoms with Crippen LogP contribution in [0.2, 0.25) is 0 Å². The first-order valence-electron chi connectivity index (χ1n) is 6.36. The van der Waals surface area contributed by atoms with E-state index in [4.69, 9.17) is 15.2 Å². The number of esters is 1. The number of nitrogens with two attached hydrogens (primary N) is 1. The minimum atomic E-state index is -0.321. The summed E-state index contributed by atoms with van der Waals surface area (Å²) in [5.41, 5.74) is 8.82. The van der Waals surface area contributed by atoms with Crippen LogP contribution in [-0.4, -0.2) is 19.7 Å². The molecule has 2 rings (SSSR count). The van der Waals surface area contributed by atoms with Gasteiger partial charge in [0.25, 0.3) is 0 Å². The van der Waals surface area contributed by atoms with Crippen LogP contribution in [-0.2, 0) is 4.74 Å². The predicted molar refractivity (Wildman–Crippen MR) is 86.0 cm³/mol. The Morgan fingerprint density at radius 2 is 1.81 bits per heavy atom. The van der Waals surface area contributed by atoms with E-state index in [1.54, 1.807) is 32.2 Å². The molecule has 0 saturated carbocycles. The van der Waals surface area contributed by atoms with Gasteiger partial charge in [0.2, 0.25) is 0 Å². The summed E-state index contributed by atoms with van der Waals surface area (Å²) in [4.78, 5) is 11.6. The largest absolute Gasteiger partial charge is 0.496 e. The first kappa shape index (κ1) is 16.9. The summed E-state index contributed by atoms with van der Waals surface area (Å²) < 4.78 is 10.3. The fraction of sp³-hybridized carbons (Fsp3) is 0.188. The molecular formula is C16H18ClNO3. The molecule has 5 heteroatoms. The van der Waals surface area contributed by atoms with Gasteiger partial charge in [0, 0.05) is 11.3 Å². The quantitative estimate of drug-likeness (QED) is 0.693. The van der Waals surface area contributed by atoms with E-state index >= 15 is 0 Å². The number of benzene rings is 2. The number of hydrogen-bond donors (Lipinski definition) is 1. The van der Waals surface area contributed by atoms with Crippen molar-refractivity contribution in [1.82, 2.24) is 0 Å². The van der Waals surface area contributed by atoms with E-state index in [0.29, 0.717) is 17.9 Å². The Hall–Kier alpha value is -2.20. The van der Waals surface area contributed by atoms with Crippen molar-refractivity contribution in [1.29, 1.82) is 0 Å². The molecule has 0 aromatic heterocycles. The number of hydrogen-bond acceptors (Lipinski definition) is 4. The molecule has 0 fully saturated rings. The summed E-state index contributed by atoms with van der Waals surface area (Å²) in [6.07, 6.45) is 0. The van der Waals surface area contributed by atoms with Crippen LogP contribution < -0.4 is 10.5 Å². The molecule has 21 heavy (non-hydrogen) atoms. The Labute approximate surface area is 130 Å². The Kier molecular flexibility index (Phi) is 6.06. The second-order valence-corrected chi connectivity index (χ2v) is 4.26. The number of methoxy groups -OCH3 is 1. The van der Waals surface area contributed by atoms with Gasteiger partial charge in [0.1, 0.15) is 5.75 Å². The summed E-state index contributed by atoms with van der Waals surface area (Å²) >= 11 is 0. The van der Waals surface area contributed by atoms with E-state index in [9.17, 15) is 4.79 Å². The van der Waals surface area contributed by atoms with Gasteiger partial charge in [0.15, 0.2) is 0 Å². The lowest BCUT2D eigenvalue weighted by molar-refractivity contribution is 0.0526. The normalized spacial score (nSPS) is 9.62. The lowest BCUT2D eigenvalue weighted by Gasteiger charge is -2.10. The standard InChI is InChI=1S/C16H17NO3.ClH/c1-3-20-16(18)12-6-4-11(5-7-12)14-10-13(17)8-9-15(14)19-2;/h4-10H,3,17H2,1-2H3;1H. The maximum Gasteiger partial charge on any atom is 0.338 e. The smallest absolute Gasteiger partial charge is 0.338 e. The molecule has 0 saturated heterocycles. The second kappa shape index (κ2) is 7.55. The Morgan fingerprint density at radius 3 is 2.38 bits per heavy atom. The maximum atomic E-state index is 11.6. The molecule has 2 N–H and O–H groups in total. The van der Waals surface area contributed by atoms with Crippen molar-refractivity contribution in [2.24, 2.45) is 0 Å². The first-order chi connectivity index (χ1) is 9.65. The molecule has 2 aromatic rings. The van der Waals surface area contributed by atoms with E-state index in [1.165, 1.54) is 0 Å². The number of halogens is 1. The van der Waals surface area contributed by atoms with Crippen molar-refractivity contribution >= 4 is 24.1 Å². The molecule has 0 amide bonds. The van der Waals surface area contributed by atoms with Crippen LogP contribution in [0, 0.1) is 0 Å². The molecule has 2 aromatic carbocycles. The third-order valence-corrected chi connectivity index (χ3v) is 2.93. The highest BCUT2D eigenvalue weighted by molar-refractivity contribution is 5.90. The number of anilines is 1. The maximum absolute atomic E-state index is 11.6. The van der Waals surface area contributed by atoms with Crippen LogP contribution >= 0.6 is 12.4 Å². The van der Waals surface area contributed by atoms with Gasteiger partial charge in [-0.1, -0.05) is 12.1 Å². The average Bonchev–Trinajstić information content (AvgIpc) is 2.47. The van der Waals surface area contributed by atoms with Crippen molar-refractivity contribution in [2.75, 3.05) is 19.5 Å². The van der Waals surface area contributed by atoms with Crippen LogP contribution in [0.4, 0.5) is 5.69 Å². The monoisotopic (exact) mass is 307 g/mol. The van der Waals surface area contributed by atoms with Gasteiger partial charge in [-0.05, 0) is 42.8 Å². The lowest BCUT2D eigenvalue weighted by Crippen LogP contribution is -2.04.